The van der Waals surface area contributed by atoms with Gasteiger partial charge in [-0.2, -0.15) is 0 Å². The number of aromatic nitrogens is 1. The van der Waals surface area contributed by atoms with Crippen LogP contribution in [0.4, 0.5) is 5.69 Å². The second-order valence-electron chi connectivity index (χ2n) is 4.06. The number of nitrogens with zero attached hydrogens (tertiary/aromatic N) is 1. The van der Waals surface area contributed by atoms with Gasteiger partial charge in [-0.25, -0.2) is 0 Å². The molecule has 1 aromatic heterocycles. The molecule has 19 heavy (non-hydrogen) atoms. The molecule has 0 bridgehead atoms. The van der Waals surface area contributed by atoms with E-state index < -0.39 is 0 Å². The number of amides is 1. The molecular weight excluding hydrogens is 308 g/mol. The van der Waals surface area contributed by atoms with E-state index in [0.717, 1.165) is 10.0 Å². The lowest BCUT2D eigenvalue weighted by atomic mass is 10.1. The van der Waals surface area contributed by atoms with E-state index in [0.29, 0.717) is 16.8 Å². The van der Waals surface area contributed by atoms with Crippen LogP contribution in [0.15, 0.2) is 41.1 Å². The summed E-state index contributed by atoms with van der Waals surface area (Å²) < 4.78 is 0.883. The Kier molecular flexibility index (Phi) is 4.29. The van der Waals surface area contributed by atoms with Crippen LogP contribution in [0.1, 0.15) is 21.5 Å². The molecule has 2 aromatic rings. The highest BCUT2D eigenvalue weighted by atomic mass is 79.9. The van der Waals surface area contributed by atoms with Gasteiger partial charge in [0.25, 0.3) is 5.91 Å². The number of pyridine rings is 1. The third kappa shape index (κ3) is 3.00. The van der Waals surface area contributed by atoms with Gasteiger partial charge in [-0.05, 0) is 30.7 Å². The summed E-state index contributed by atoms with van der Waals surface area (Å²) in [7, 11) is 0. The Morgan fingerprint density at radius 1 is 1.42 bits per heavy atom. The summed E-state index contributed by atoms with van der Waals surface area (Å²) in [5.74, 6) is -0.221. The molecule has 0 fully saturated rings. The molecule has 0 radical (unpaired) electrons. The first-order chi connectivity index (χ1) is 9.13. The highest BCUT2D eigenvalue weighted by Gasteiger charge is 2.12. The van der Waals surface area contributed by atoms with Gasteiger partial charge in [0.15, 0.2) is 0 Å². The molecule has 1 aromatic carbocycles. The fourth-order valence-corrected chi connectivity index (χ4v) is 2.08. The van der Waals surface area contributed by atoms with Crippen molar-refractivity contribution < 1.29 is 9.90 Å². The fourth-order valence-electron chi connectivity index (χ4n) is 1.72. The minimum atomic E-state index is -0.221. The SMILES string of the molecule is Cc1c(Br)cccc1C(=O)Nc1cnccc1CO. The molecule has 1 amide bonds. The molecule has 0 aliphatic carbocycles. The molecule has 5 heteroatoms. The van der Waals surface area contributed by atoms with E-state index in [1.165, 1.54) is 6.20 Å². The van der Waals surface area contributed by atoms with Crippen LogP contribution in [-0.2, 0) is 6.61 Å². The Balaban J connectivity index is 2.28. The van der Waals surface area contributed by atoms with Gasteiger partial charge in [0, 0.05) is 21.8 Å². The number of hydrogen-bond acceptors (Lipinski definition) is 3. The smallest absolute Gasteiger partial charge is 0.256 e. The summed E-state index contributed by atoms with van der Waals surface area (Å²) in [6.45, 7) is 1.73. The van der Waals surface area contributed by atoms with Crippen molar-refractivity contribution in [2.24, 2.45) is 0 Å². The first-order valence-corrected chi connectivity index (χ1v) is 6.53. The predicted molar refractivity (Wildman–Crippen MR) is 77.0 cm³/mol. The zero-order valence-corrected chi connectivity index (χ0v) is 11.9. The maximum Gasteiger partial charge on any atom is 0.256 e. The minimum Gasteiger partial charge on any atom is -0.392 e. The monoisotopic (exact) mass is 320 g/mol. The van der Waals surface area contributed by atoms with Gasteiger partial charge >= 0.3 is 0 Å². The second kappa shape index (κ2) is 5.95. The van der Waals surface area contributed by atoms with Crippen molar-refractivity contribution in [1.29, 1.82) is 0 Å². The van der Waals surface area contributed by atoms with Crippen LogP contribution < -0.4 is 5.32 Å². The largest absolute Gasteiger partial charge is 0.392 e. The topological polar surface area (TPSA) is 62.2 Å². The lowest BCUT2D eigenvalue weighted by molar-refractivity contribution is 0.102. The van der Waals surface area contributed by atoms with Gasteiger partial charge < -0.3 is 10.4 Å². The van der Waals surface area contributed by atoms with Gasteiger partial charge in [0.1, 0.15) is 0 Å². The molecule has 0 aliphatic rings. The summed E-state index contributed by atoms with van der Waals surface area (Å²) in [4.78, 5) is 16.2. The van der Waals surface area contributed by atoms with E-state index in [-0.39, 0.29) is 12.5 Å². The average molecular weight is 321 g/mol. The van der Waals surface area contributed by atoms with Crippen LogP contribution in [-0.4, -0.2) is 16.0 Å². The van der Waals surface area contributed by atoms with Crippen molar-refractivity contribution in [3.05, 3.63) is 57.8 Å². The lowest BCUT2D eigenvalue weighted by Gasteiger charge is -2.11. The number of hydrogen-bond donors (Lipinski definition) is 2. The fraction of sp³-hybridized carbons (Fsp3) is 0.143. The predicted octanol–water partition coefficient (Wildman–Crippen LogP) is 2.90. The van der Waals surface area contributed by atoms with E-state index in [9.17, 15) is 9.90 Å². The molecule has 1 heterocycles. The lowest BCUT2D eigenvalue weighted by Crippen LogP contribution is -2.15. The zero-order valence-electron chi connectivity index (χ0n) is 10.4. The Labute approximate surface area is 119 Å². The molecule has 0 spiro atoms. The summed E-state index contributed by atoms with van der Waals surface area (Å²) in [6, 6.07) is 7.12. The van der Waals surface area contributed by atoms with Gasteiger partial charge in [-0.1, -0.05) is 22.0 Å². The molecule has 2 rings (SSSR count). The molecular formula is C14H13BrN2O2. The van der Waals surface area contributed by atoms with E-state index in [1.54, 1.807) is 18.3 Å². The molecule has 98 valence electrons. The maximum absolute atomic E-state index is 12.2. The van der Waals surface area contributed by atoms with Gasteiger partial charge in [0.2, 0.25) is 0 Å². The van der Waals surface area contributed by atoms with Crippen molar-refractivity contribution in [2.45, 2.75) is 13.5 Å². The zero-order chi connectivity index (χ0) is 13.8. The Hall–Kier alpha value is -1.72. The number of carbonyl (C=O) groups is 1. The molecule has 0 saturated heterocycles. The number of aliphatic hydroxyl groups excluding tert-OH is 1. The first kappa shape index (κ1) is 13.7. The van der Waals surface area contributed by atoms with Crippen LogP contribution >= 0.6 is 15.9 Å². The van der Waals surface area contributed by atoms with Crippen LogP contribution in [0, 0.1) is 6.92 Å². The highest BCUT2D eigenvalue weighted by molar-refractivity contribution is 9.10. The Morgan fingerprint density at radius 3 is 2.95 bits per heavy atom. The van der Waals surface area contributed by atoms with Crippen molar-refractivity contribution in [1.82, 2.24) is 4.98 Å². The van der Waals surface area contributed by atoms with E-state index in [1.807, 2.05) is 19.1 Å². The van der Waals surface area contributed by atoms with Crippen LogP contribution in [0.25, 0.3) is 0 Å². The van der Waals surface area contributed by atoms with Gasteiger partial charge in [-0.15, -0.1) is 0 Å². The van der Waals surface area contributed by atoms with Crippen molar-refractivity contribution in [2.75, 3.05) is 5.32 Å². The molecule has 0 unspecified atom stereocenters. The Bertz CT molecular complexity index is 614. The molecule has 0 aliphatic heterocycles. The van der Waals surface area contributed by atoms with Crippen molar-refractivity contribution >= 4 is 27.5 Å². The summed E-state index contributed by atoms with van der Waals surface area (Å²) in [6.07, 6.45) is 3.10. The van der Waals surface area contributed by atoms with Crippen molar-refractivity contribution in [3.8, 4) is 0 Å². The number of aliphatic hydroxyl groups is 1. The number of rotatable bonds is 3. The van der Waals surface area contributed by atoms with Gasteiger partial charge in [-0.3, -0.25) is 9.78 Å². The van der Waals surface area contributed by atoms with E-state index in [2.05, 4.69) is 26.2 Å². The average Bonchev–Trinajstić information content (AvgIpc) is 2.42. The highest BCUT2D eigenvalue weighted by Crippen LogP contribution is 2.21. The van der Waals surface area contributed by atoms with Gasteiger partial charge in [0.05, 0.1) is 18.5 Å². The third-order valence-corrected chi connectivity index (χ3v) is 3.70. The number of carbonyl (C=O) groups excluding carboxylic acids is 1. The summed E-state index contributed by atoms with van der Waals surface area (Å²) in [5, 5.41) is 12.0. The van der Waals surface area contributed by atoms with E-state index >= 15 is 0 Å². The quantitative estimate of drug-likeness (QED) is 0.914. The summed E-state index contributed by atoms with van der Waals surface area (Å²) in [5.41, 5.74) is 2.61. The molecule has 0 atom stereocenters. The van der Waals surface area contributed by atoms with E-state index in [4.69, 9.17) is 0 Å². The molecule has 2 N–H and O–H groups in total. The normalized spacial score (nSPS) is 10.3. The second-order valence-corrected chi connectivity index (χ2v) is 4.91. The molecule has 0 saturated carbocycles. The third-order valence-electron chi connectivity index (χ3n) is 2.84. The Morgan fingerprint density at radius 2 is 2.21 bits per heavy atom. The number of anilines is 1. The summed E-state index contributed by atoms with van der Waals surface area (Å²) >= 11 is 3.40. The van der Waals surface area contributed by atoms with Crippen molar-refractivity contribution in [3.63, 3.8) is 0 Å². The van der Waals surface area contributed by atoms with Crippen LogP contribution in [0.3, 0.4) is 0 Å². The van der Waals surface area contributed by atoms with Crippen LogP contribution in [0.2, 0.25) is 0 Å². The number of nitrogens with one attached hydrogen (secondary N) is 1. The van der Waals surface area contributed by atoms with Crippen LogP contribution in [0.5, 0.6) is 0 Å². The number of benzene rings is 1. The standard InChI is InChI=1S/C14H13BrN2O2/c1-9-11(3-2-4-12(9)15)14(19)17-13-7-16-6-5-10(13)8-18/h2-7,18H,8H2,1H3,(H,17,19). The first-order valence-electron chi connectivity index (χ1n) is 5.73. The minimum absolute atomic E-state index is 0.143. The molecule has 4 nitrogen and oxygen atoms in total. The maximum atomic E-state index is 12.2. The number of halogens is 1.